The summed E-state index contributed by atoms with van der Waals surface area (Å²) in [6, 6.07) is 5.43. The van der Waals surface area contributed by atoms with E-state index in [2.05, 4.69) is 16.0 Å². The second-order valence-corrected chi connectivity index (χ2v) is 4.85. The van der Waals surface area contributed by atoms with Gasteiger partial charge in [0.05, 0.1) is 19.3 Å². The summed E-state index contributed by atoms with van der Waals surface area (Å²) in [5.41, 5.74) is 1.78. The monoisotopic (exact) mass is 277 g/mol. The Morgan fingerprint density at radius 3 is 2.75 bits per heavy atom. The van der Waals surface area contributed by atoms with Crippen molar-refractivity contribution in [3.8, 4) is 5.75 Å². The molecule has 0 saturated heterocycles. The minimum Gasteiger partial charge on any atom is -0.495 e. The average Bonchev–Trinajstić information content (AvgIpc) is 3.20. The Morgan fingerprint density at radius 2 is 2.10 bits per heavy atom. The minimum absolute atomic E-state index is 0.0118. The standard InChI is InChI=1S/C14H19N3O3/c1-9-3-6-12(20-2)11(7-9)15-8-13(18)17-14(19)16-10-4-5-10/h3,6-7,10,15H,4-5,8H2,1-2H3,(H2,16,17,18,19). The normalized spacial score (nSPS) is 13.5. The van der Waals surface area contributed by atoms with Crippen molar-refractivity contribution in [2.45, 2.75) is 25.8 Å². The maximum Gasteiger partial charge on any atom is 0.321 e. The lowest BCUT2D eigenvalue weighted by molar-refractivity contribution is -0.118. The highest BCUT2D eigenvalue weighted by Gasteiger charge is 2.23. The molecule has 6 nitrogen and oxygen atoms in total. The molecule has 0 aromatic heterocycles. The van der Waals surface area contributed by atoms with E-state index in [9.17, 15) is 9.59 Å². The molecule has 1 saturated carbocycles. The van der Waals surface area contributed by atoms with E-state index in [4.69, 9.17) is 4.74 Å². The van der Waals surface area contributed by atoms with Gasteiger partial charge in [0.1, 0.15) is 5.75 Å². The van der Waals surface area contributed by atoms with E-state index in [0.717, 1.165) is 24.1 Å². The van der Waals surface area contributed by atoms with E-state index < -0.39 is 6.03 Å². The number of urea groups is 1. The van der Waals surface area contributed by atoms with Crippen molar-refractivity contribution in [2.24, 2.45) is 0 Å². The lowest BCUT2D eigenvalue weighted by Gasteiger charge is -2.12. The van der Waals surface area contributed by atoms with Crippen molar-refractivity contribution < 1.29 is 14.3 Å². The maximum atomic E-state index is 11.6. The summed E-state index contributed by atoms with van der Waals surface area (Å²) < 4.78 is 5.20. The summed E-state index contributed by atoms with van der Waals surface area (Å²) in [7, 11) is 1.57. The van der Waals surface area contributed by atoms with Crippen LogP contribution in [0.25, 0.3) is 0 Å². The van der Waals surface area contributed by atoms with E-state index in [0.29, 0.717) is 5.75 Å². The van der Waals surface area contributed by atoms with Gasteiger partial charge in [0, 0.05) is 6.04 Å². The molecule has 0 radical (unpaired) electrons. The van der Waals surface area contributed by atoms with Crippen LogP contribution in [0, 0.1) is 6.92 Å². The van der Waals surface area contributed by atoms with E-state index in [1.807, 2.05) is 25.1 Å². The van der Waals surface area contributed by atoms with E-state index >= 15 is 0 Å². The first-order valence-electron chi connectivity index (χ1n) is 6.57. The zero-order chi connectivity index (χ0) is 14.5. The van der Waals surface area contributed by atoms with Crippen LogP contribution in [-0.2, 0) is 4.79 Å². The van der Waals surface area contributed by atoms with Crippen LogP contribution < -0.4 is 20.7 Å². The number of imide groups is 1. The molecule has 3 amide bonds. The molecule has 0 aliphatic heterocycles. The van der Waals surface area contributed by atoms with Gasteiger partial charge < -0.3 is 15.4 Å². The summed E-state index contributed by atoms with van der Waals surface area (Å²) >= 11 is 0. The Labute approximate surface area is 117 Å². The molecule has 1 aliphatic rings. The molecule has 0 heterocycles. The van der Waals surface area contributed by atoms with E-state index in [1.165, 1.54) is 0 Å². The molecule has 108 valence electrons. The largest absolute Gasteiger partial charge is 0.495 e. The highest BCUT2D eigenvalue weighted by atomic mass is 16.5. The molecule has 1 aromatic rings. The third kappa shape index (κ3) is 4.15. The number of ether oxygens (including phenoxy) is 1. The number of nitrogens with one attached hydrogen (secondary N) is 3. The number of carbonyl (C=O) groups excluding carboxylic acids is 2. The lowest BCUT2D eigenvalue weighted by Crippen LogP contribution is -2.42. The summed E-state index contributed by atoms with van der Waals surface area (Å²) in [5, 5.41) is 7.93. The highest BCUT2D eigenvalue weighted by molar-refractivity contribution is 5.96. The SMILES string of the molecule is COc1ccc(C)cc1NCC(=O)NC(=O)NC1CC1. The second kappa shape index (κ2) is 6.27. The number of rotatable bonds is 5. The van der Waals surface area contributed by atoms with Crippen molar-refractivity contribution in [3.05, 3.63) is 23.8 Å². The van der Waals surface area contributed by atoms with Crippen LogP contribution >= 0.6 is 0 Å². The molecule has 20 heavy (non-hydrogen) atoms. The first kappa shape index (κ1) is 14.2. The van der Waals surface area contributed by atoms with Gasteiger partial charge in [0.25, 0.3) is 0 Å². The zero-order valence-electron chi connectivity index (χ0n) is 11.7. The Morgan fingerprint density at radius 1 is 1.35 bits per heavy atom. The molecule has 1 fully saturated rings. The number of anilines is 1. The molecule has 0 atom stereocenters. The number of hydrogen-bond donors (Lipinski definition) is 3. The third-order valence-electron chi connectivity index (χ3n) is 2.96. The average molecular weight is 277 g/mol. The smallest absolute Gasteiger partial charge is 0.321 e. The van der Waals surface area contributed by atoms with Crippen LogP contribution in [0.15, 0.2) is 18.2 Å². The molecule has 6 heteroatoms. The summed E-state index contributed by atoms with van der Waals surface area (Å²) in [6.45, 7) is 1.96. The van der Waals surface area contributed by atoms with Gasteiger partial charge in [-0.05, 0) is 37.5 Å². The van der Waals surface area contributed by atoms with Gasteiger partial charge in [-0.15, -0.1) is 0 Å². The number of hydrogen-bond acceptors (Lipinski definition) is 4. The molecule has 2 rings (SSSR count). The molecule has 0 bridgehead atoms. The Balaban J connectivity index is 1.82. The maximum absolute atomic E-state index is 11.6. The van der Waals surface area contributed by atoms with Crippen molar-refractivity contribution in [2.75, 3.05) is 19.0 Å². The Hall–Kier alpha value is -2.24. The van der Waals surface area contributed by atoms with Crippen LogP contribution in [0.2, 0.25) is 0 Å². The minimum atomic E-state index is -0.435. The predicted octanol–water partition coefficient (Wildman–Crippen LogP) is 1.40. The predicted molar refractivity (Wildman–Crippen MR) is 75.9 cm³/mol. The van der Waals surface area contributed by atoms with Crippen molar-refractivity contribution in [1.82, 2.24) is 10.6 Å². The zero-order valence-corrected chi connectivity index (χ0v) is 11.7. The number of aryl methyl sites for hydroxylation is 1. The van der Waals surface area contributed by atoms with Gasteiger partial charge in [-0.3, -0.25) is 10.1 Å². The Bertz CT molecular complexity index is 512. The van der Waals surface area contributed by atoms with Crippen LogP contribution in [0.1, 0.15) is 18.4 Å². The summed E-state index contributed by atoms with van der Waals surface area (Å²) in [4.78, 5) is 23.0. The van der Waals surface area contributed by atoms with Crippen LogP contribution in [0.3, 0.4) is 0 Å². The van der Waals surface area contributed by atoms with Crippen LogP contribution in [-0.4, -0.2) is 31.6 Å². The van der Waals surface area contributed by atoms with Crippen molar-refractivity contribution >= 4 is 17.6 Å². The van der Waals surface area contributed by atoms with Gasteiger partial charge in [-0.1, -0.05) is 6.07 Å². The first-order chi connectivity index (χ1) is 9.58. The van der Waals surface area contributed by atoms with Gasteiger partial charge in [-0.2, -0.15) is 0 Å². The quantitative estimate of drug-likeness (QED) is 0.760. The number of methoxy groups -OCH3 is 1. The van der Waals surface area contributed by atoms with Gasteiger partial charge >= 0.3 is 6.03 Å². The lowest BCUT2D eigenvalue weighted by atomic mass is 10.2. The fourth-order valence-corrected chi connectivity index (χ4v) is 1.76. The fourth-order valence-electron chi connectivity index (χ4n) is 1.76. The molecule has 1 aliphatic carbocycles. The van der Waals surface area contributed by atoms with E-state index in [-0.39, 0.29) is 18.5 Å². The van der Waals surface area contributed by atoms with E-state index in [1.54, 1.807) is 7.11 Å². The molecule has 0 spiro atoms. The van der Waals surface area contributed by atoms with Gasteiger partial charge in [-0.25, -0.2) is 4.79 Å². The first-order valence-corrected chi connectivity index (χ1v) is 6.57. The summed E-state index contributed by atoms with van der Waals surface area (Å²) in [5.74, 6) is 0.276. The second-order valence-electron chi connectivity index (χ2n) is 4.85. The fraction of sp³-hybridized carbons (Fsp3) is 0.429. The van der Waals surface area contributed by atoms with Crippen LogP contribution in [0.4, 0.5) is 10.5 Å². The molecular weight excluding hydrogens is 258 g/mol. The molecule has 3 N–H and O–H groups in total. The molecular formula is C14H19N3O3. The number of benzene rings is 1. The number of amides is 3. The topological polar surface area (TPSA) is 79.5 Å². The van der Waals surface area contributed by atoms with Crippen molar-refractivity contribution in [1.29, 1.82) is 0 Å². The highest BCUT2D eigenvalue weighted by Crippen LogP contribution is 2.24. The Kier molecular flexibility index (Phi) is 4.45. The summed E-state index contributed by atoms with van der Waals surface area (Å²) in [6.07, 6.45) is 1.97. The number of carbonyl (C=O) groups is 2. The molecule has 0 unspecified atom stereocenters. The van der Waals surface area contributed by atoms with Gasteiger partial charge in [0.15, 0.2) is 0 Å². The van der Waals surface area contributed by atoms with Crippen LogP contribution in [0.5, 0.6) is 5.75 Å². The van der Waals surface area contributed by atoms with Gasteiger partial charge in [0.2, 0.25) is 5.91 Å². The molecule has 1 aromatic carbocycles. The third-order valence-corrected chi connectivity index (χ3v) is 2.96. The van der Waals surface area contributed by atoms with Crippen molar-refractivity contribution in [3.63, 3.8) is 0 Å².